The van der Waals surface area contributed by atoms with Gasteiger partial charge in [0, 0.05) is 26.1 Å². The number of hydrogen-bond donors (Lipinski definition) is 1. The van der Waals surface area contributed by atoms with E-state index in [0.717, 1.165) is 38.9 Å². The molecule has 0 aromatic heterocycles. The summed E-state index contributed by atoms with van der Waals surface area (Å²) in [6.07, 6.45) is 3.61. The first kappa shape index (κ1) is 15.1. The Morgan fingerprint density at radius 1 is 1.30 bits per heavy atom. The fourth-order valence-electron chi connectivity index (χ4n) is 2.98. The third kappa shape index (κ3) is 4.39. The Kier molecular flexibility index (Phi) is 4.55. The number of ether oxygens (including phenoxy) is 1. The minimum Gasteiger partial charge on any atom is -0.444 e. The molecule has 5 heteroatoms. The van der Waals surface area contributed by atoms with Gasteiger partial charge in [0.15, 0.2) is 0 Å². The molecule has 0 bridgehead atoms. The van der Waals surface area contributed by atoms with Gasteiger partial charge in [-0.15, -0.1) is 0 Å². The lowest BCUT2D eigenvalue weighted by Crippen LogP contribution is -2.42. The second-order valence-electron chi connectivity index (χ2n) is 7.02. The van der Waals surface area contributed by atoms with Crippen molar-refractivity contribution in [2.75, 3.05) is 19.6 Å². The van der Waals surface area contributed by atoms with Crippen molar-refractivity contribution in [2.24, 2.45) is 11.8 Å². The molecule has 2 saturated heterocycles. The number of amides is 2. The molecule has 20 heavy (non-hydrogen) atoms. The predicted molar refractivity (Wildman–Crippen MR) is 76.3 cm³/mol. The van der Waals surface area contributed by atoms with Crippen LogP contribution in [-0.2, 0) is 9.53 Å². The Balaban J connectivity index is 1.72. The molecule has 2 aliphatic rings. The van der Waals surface area contributed by atoms with E-state index in [1.807, 2.05) is 20.8 Å². The average molecular weight is 282 g/mol. The highest BCUT2D eigenvalue weighted by atomic mass is 16.6. The van der Waals surface area contributed by atoms with E-state index in [2.05, 4.69) is 5.32 Å². The molecule has 2 rings (SSSR count). The second-order valence-corrected chi connectivity index (χ2v) is 7.02. The topological polar surface area (TPSA) is 58.6 Å². The van der Waals surface area contributed by atoms with E-state index < -0.39 is 5.60 Å². The summed E-state index contributed by atoms with van der Waals surface area (Å²) in [6, 6.07) is 0. The minimum atomic E-state index is -0.427. The van der Waals surface area contributed by atoms with E-state index in [-0.39, 0.29) is 12.0 Å². The summed E-state index contributed by atoms with van der Waals surface area (Å²) in [4.78, 5) is 25.0. The van der Waals surface area contributed by atoms with Crippen molar-refractivity contribution in [2.45, 2.75) is 52.1 Å². The van der Waals surface area contributed by atoms with Gasteiger partial charge in [-0.1, -0.05) is 0 Å². The number of nitrogens with zero attached hydrogens (tertiary/aromatic N) is 1. The van der Waals surface area contributed by atoms with Gasteiger partial charge in [0.25, 0.3) is 0 Å². The maximum Gasteiger partial charge on any atom is 0.410 e. The number of rotatable bonds is 2. The molecule has 1 unspecified atom stereocenters. The number of piperidine rings is 1. The van der Waals surface area contributed by atoms with Crippen LogP contribution in [0.2, 0.25) is 0 Å². The third-order valence-corrected chi connectivity index (χ3v) is 3.99. The maximum absolute atomic E-state index is 12.0. The van der Waals surface area contributed by atoms with Crippen LogP contribution in [0.25, 0.3) is 0 Å². The SMILES string of the molecule is CC(C)(C)OC(=O)N1CCC(CC2CNC(=O)C2)CC1. The van der Waals surface area contributed by atoms with E-state index in [1.54, 1.807) is 4.90 Å². The summed E-state index contributed by atoms with van der Waals surface area (Å²) >= 11 is 0. The molecule has 2 heterocycles. The monoisotopic (exact) mass is 282 g/mol. The first-order chi connectivity index (χ1) is 9.33. The number of likely N-dealkylation sites (tertiary alicyclic amines) is 1. The van der Waals surface area contributed by atoms with Gasteiger partial charge >= 0.3 is 6.09 Å². The molecule has 1 N–H and O–H groups in total. The normalized spacial score (nSPS) is 24.6. The Bertz CT molecular complexity index is 368. The largest absolute Gasteiger partial charge is 0.444 e. The smallest absolute Gasteiger partial charge is 0.410 e. The quantitative estimate of drug-likeness (QED) is 0.844. The summed E-state index contributed by atoms with van der Waals surface area (Å²) in [5, 5.41) is 2.89. The number of nitrogens with one attached hydrogen (secondary N) is 1. The summed E-state index contributed by atoms with van der Waals surface area (Å²) in [5.74, 6) is 1.30. The first-order valence-corrected chi connectivity index (χ1v) is 7.58. The van der Waals surface area contributed by atoms with Gasteiger partial charge in [-0.05, 0) is 51.9 Å². The fourth-order valence-corrected chi connectivity index (χ4v) is 2.98. The molecular formula is C15H26N2O3. The van der Waals surface area contributed by atoms with Gasteiger partial charge in [-0.2, -0.15) is 0 Å². The minimum absolute atomic E-state index is 0.182. The highest BCUT2D eigenvalue weighted by molar-refractivity contribution is 5.78. The maximum atomic E-state index is 12.0. The molecule has 0 aliphatic carbocycles. The van der Waals surface area contributed by atoms with Crippen molar-refractivity contribution in [3.63, 3.8) is 0 Å². The van der Waals surface area contributed by atoms with Crippen LogP contribution in [0.4, 0.5) is 4.79 Å². The number of hydrogen-bond acceptors (Lipinski definition) is 3. The zero-order chi connectivity index (χ0) is 14.8. The molecule has 1 atom stereocenters. The summed E-state index contributed by atoms with van der Waals surface area (Å²) < 4.78 is 5.39. The second kappa shape index (κ2) is 6.02. The summed E-state index contributed by atoms with van der Waals surface area (Å²) in [7, 11) is 0. The van der Waals surface area contributed by atoms with Crippen LogP contribution in [-0.4, -0.2) is 42.1 Å². The molecule has 0 aromatic rings. The van der Waals surface area contributed by atoms with E-state index in [0.29, 0.717) is 18.3 Å². The molecule has 5 nitrogen and oxygen atoms in total. The molecule has 114 valence electrons. The van der Waals surface area contributed by atoms with Crippen LogP contribution in [0, 0.1) is 11.8 Å². The predicted octanol–water partition coefficient (Wildman–Crippen LogP) is 2.16. The third-order valence-electron chi connectivity index (χ3n) is 3.99. The molecule has 0 aromatic carbocycles. The lowest BCUT2D eigenvalue weighted by molar-refractivity contribution is -0.119. The fraction of sp³-hybridized carbons (Fsp3) is 0.867. The Labute approximate surface area is 121 Å². The van der Waals surface area contributed by atoms with Crippen molar-refractivity contribution in [3.05, 3.63) is 0 Å². The summed E-state index contributed by atoms with van der Waals surface area (Å²) in [6.45, 7) is 8.04. The Hall–Kier alpha value is -1.26. The molecule has 2 fully saturated rings. The van der Waals surface area contributed by atoms with E-state index >= 15 is 0 Å². The van der Waals surface area contributed by atoms with Crippen LogP contribution >= 0.6 is 0 Å². The Morgan fingerprint density at radius 2 is 1.95 bits per heavy atom. The standard InChI is InChI=1S/C15H26N2O3/c1-15(2,3)20-14(19)17-6-4-11(5-7-17)8-12-9-13(18)16-10-12/h11-12H,4-10H2,1-3H3,(H,16,18). The summed E-state index contributed by atoms with van der Waals surface area (Å²) in [5.41, 5.74) is -0.427. The highest BCUT2D eigenvalue weighted by Gasteiger charge is 2.30. The lowest BCUT2D eigenvalue weighted by atomic mass is 9.87. The van der Waals surface area contributed by atoms with Crippen molar-refractivity contribution in [3.8, 4) is 0 Å². The number of carbonyl (C=O) groups is 2. The van der Waals surface area contributed by atoms with Gasteiger partial charge in [0.05, 0.1) is 0 Å². The van der Waals surface area contributed by atoms with E-state index in [1.165, 1.54) is 0 Å². The molecule has 2 amide bonds. The molecule has 0 spiro atoms. The van der Waals surface area contributed by atoms with Crippen LogP contribution in [0.3, 0.4) is 0 Å². The van der Waals surface area contributed by atoms with Crippen LogP contribution < -0.4 is 5.32 Å². The lowest BCUT2D eigenvalue weighted by Gasteiger charge is -2.34. The van der Waals surface area contributed by atoms with Crippen LogP contribution in [0.5, 0.6) is 0 Å². The zero-order valence-electron chi connectivity index (χ0n) is 12.8. The van der Waals surface area contributed by atoms with Gasteiger partial charge in [0.1, 0.15) is 5.60 Å². The van der Waals surface area contributed by atoms with Crippen molar-refractivity contribution >= 4 is 12.0 Å². The number of carbonyl (C=O) groups excluding carboxylic acids is 2. The molecular weight excluding hydrogens is 256 g/mol. The van der Waals surface area contributed by atoms with Crippen molar-refractivity contribution in [1.29, 1.82) is 0 Å². The molecule has 0 saturated carbocycles. The van der Waals surface area contributed by atoms with Gasteiger partial charge in [-0.3, -0.25) is 4.79 Å². The molecule has 2 aliphatic heterocycles. The van der Waals surface area contributed by atoms with Crippen LogP contribution in [0.1, 0.15) is 46.5 Å². The Morgan fingerprint density at radius 3 is 2.45 bits per heavy atom. The van der Waals surface area contributed by atoms with Gasteiger partial charge < -0.3 is 15.0 Å². The average Bonchev–Trinajstić information content (AvgIpc) is 2.73. The first-order valence-electron chi connectivity index (χ1n) is 7.58. The van der Waals surface area contributed by atoms with Crippen molar-refractivity contribution < 1.29 is 14.3 Å². The van der Waals surface area contributed by atoms with E-state index in [4.69, 9.17) is 4.74 Å². The molecule has 0 radical (unpaired) electrons. The van der Waals surface area contributed by atoms with Gasteiger partial charge in [-0.25, -0.2) is 4.79 Å². The van der Waals surface area contributed by atoms with Gasteiger partial charge in [0.2, 0.25) is 5.91 Å². The zero-order valence-corrected chi connectivity index (χ0v) is 12.8. The van der Waals surface area contributed by atoms with Crippen molar-refractivity contribution in [1.82, 2.24) is 10.2 Å². The highest BCUT2D eigenvalue weighted by Crippen LogP contribution is 2.27. The van der Waals surface area contributed by atoms with Crippen LogP contribution in [0.15, 0.2) is 0 Å². The van der Waals surface area contributed by atoms with E-state index in [9.17, 15) is 9.59 Å².